The highest BCUT2D eigenvalue weighted by Crippen LogP contribution is 2.25. The molecule has 0 aromatic heterocycles. The van der Waals surface area contributed by atoms with E-state index in [1.54, 1.807) is 0 Å². The predicted octanol–water partition coefficient (Wildman–Crippen LogP) is 2.32. The van der Waals surface area contributed by atoms with Crippen LogP contribution in [0, 0.1) is 0 Å². The number of Topliss-reactive ketones (excluding diaryl/α,β-unsaturated/α-hetero) is 2. The van der Waals surface area contributed by atoms with Gasteiger partial charge in [-0.3, -0.25) is 9.59 Å². The first-order valence-electron chi connectivity index (χ1n) is 7.89. The number of hydrogen-bond acceptors (Lipinski definition) is 7. The highest BCUT2D eigenvalue weighted by molar-refractivity contribution is 5.97. The van der Waals surface area contributed by atoms with Crippen molar-refractivity contribution < 1.29 is 34.4 Å². The van der Waals surface area contributed by atoms with Gasteiger partial charge in [-0.25, -0.2) is 0 Å². The van der Waals surface area contributed by atoms with Crippen molar-refractivity contribution in [3.8, 4) is 23.0 Å². The fourth-order valence-electron chi connectivity index (χ4n) is 2.21. The van der Waals surface area contributed by atoms with Crippen molar-refractivity contribution in [3.05, 3.63) is 47.5 Å². The molecule has 0 aliphatic heterocycles. The van der Waals surface area contributed by atoms with E-state index in [2.05, 4.69) is 0 Å². The fourth-order valence-corrected chi connectivity index (χ4v) is 2.21. The Morgan fingerprint density at radius 3 is 1.58 bits per heavy atom. The van der Waals surface area contributed by atoms with Crippen LogP contribution in [0.2, 0.25) is 0 Å². The molecular weight excluding hydrogens is 340 g/mol. The van der Waals surface area contributed by atoms with Crippen molar-refractivity contribution in [3.63, 3.8) is 0 Å². The minimum Gasteiger partial charge on any atom is -0.507 e. The third-order valence-corrected chi connectivity index (χ3v) is 3.58. The van der Waals surface area contributed by atoms with Crippen LogP contribution in [-0.2, 0) is 0 Å². The number of hydrogen-bond donors (Lipinski definition) is 3. The van der Waals surface area contributed by atoms with Crippen LogP contribution in [0.15, 0.2) is 36.4 Å². The van der Waals surface area contributed by atoms with Crippen LogP contribution >= 0.6 is 0 Å². The molecule has 0 atom stereocenters. The lowest BCUT2D eigenvalue weighted by Crippen LogP contribution is -2.25. The molecule has 0 heterocycles. The van der Waals surface area contributed by atoms with Crippen LogP contribution in [0.5, 0.6) is 23.0 Å². The Bertz CT molecular complexity index is 746. The van der Waals surface area contributed by atoms with Gasteiger partial charge in [-0.2, -0.15) is 0 Å². The van der Waals surface area contributed by atoms with Gasteiger partial charge in [-0.1, -0.05) is 0 Å². The summed E-state index contributed by atoms with van der Waals surface area (Å²) in [4.78, 5) is 22.8. The van der Waals surface area contributed by atoms with Gasteiger partial charge in [0.05, 0.1) is 11.1 Å². The molecule has 0 saturated heterocycles. The summed E-state index contributed by atoms with van der Waals surface area (Å²) in [7, 11) is 0. The number of aliphatic hydroxyl groups is 1. The Morgan fingerprint density at radius 1 is 0.846 bits per heavy atom. The van der Waals surface area contributed by atoms with Gasteiger partial charge in [-0.15, -0.1) is 0 Å². The maximum absolute atomic E-state index is 11.4. The molecule has 0 aliphatic rings. The number of phenols is 2. The van der Waals surface area contributed by atoms with Crippen molar-refractivity contribution >= 4 is 11.6 Å². The number of aliphatic hydroxyl groups excluding tert-OH is 1. The van der Waals surface area contributed by atoms with Crippen molar-refractivity contribution in [2.24, 2.45) is 0 Å². The Kier molecular flexibility index (Phi) is 6.19. The Labute approximate surface area is 150 Å². The average molecular weight is 360 g/mol. The smallest absolute Gasteiger partial charge is 0.163 e. The van der Waals surface area contributed by atoms with Gasteiger partial charge in [0.1, 0.15) is 42.3 Å². The first-order chi connectivity index (χ1) is 12.3. The molecule has 2 aromatic carbocycles. The van der Waals surface area contributed by atoms with E-state index in [1.807, 2.05) is 0 Å². The summed E-state index contributed by atoms with van der Waals surface area (Å²) in [6, 6.07) is 8.43. The zero-order chi connectivity index (χ0) is 19.3. The molecule has 26 heavy (non-hydrogen) atoms. The summed E-state index contributed by atoms with van der Waals surface area (Å²) in [5.74, 6) is -0.216. The largest absolute Gasteiger partial charge is 0.507 e. The molecule has 0 fully saturated rings. The highest BCUT2D eigenvalue weighted by atomic mass is 16.5. The van der Waals surface area contributed by atoms with E-state index in [1.165, 1.54) is 50.2 Å². The lowest BCUT2D eigenvalue weighted by atomic mass is 10.1. The number of benzene rings is 2. The number of carbonyl (C=O) groups excluding carboxylic acids is 2. The van der Waals surface area contributed by atoms with E-state index < -0.39 is 6.10 Å². The van der Waals surface area contributed by atoms with Crippen molar-refractivity contribution in [1.29, 1.82) is 0 Å². The highest BCUT2D eigenvalue weighted by Gasteiger charge is 2.12. The van der Waals surface area contributed by atoms with Crippen LogP contribution in [0.25, 0.3) is 0 Å². The molecule has 0 radical (unpaired) electrons. The monoisotopic (exact) mass is 360 g/mol. The van der Waals surface area contributed by atoms with Gasteiger partial charge in [0.15, 0.2) is 11.6 Å². The Morgan fingerprint density at radius 2 is 1.23 bits per heavy atom. The van der Waals surface area contributed by atoms with Crippen LogP contribution in [0.1, 0.15) is 34.6 Å². The van der Waals surface area contributed by atoms with Crippen LogP contribution < -0.4 is 9.47 Å². The predicted molar refractivity (Wildman–Crippen MR) is 93.2 cm³/mol. The van der Waals surface area contributed by atoms with Gasteiger partial charge in [0, 0.05) is 0 Å². The summed E-state index contributed by atoms with van der Waals surface area (Å²) in [5, 5.41) is 29.1. The number of phenolic OH excluding ortho intramolecular Hbond substituents is 2. The normalized spacial score (nSPS) is 10.6. The van der Waals surface area contributed by atoms with Gasteiger partial charge < -0.3 is 24.8 Å². The van der Waals surface area contributed by atoms with Gasteiger partial charge in [-0.05, 0) is 50.2 Å². The number of ether oxygens (including phenoxy) is 2. The molecule has 0 spiro atoms. The molecule has 138 valence electrons. The zero-order valence-electron chi connectivity index (χ0n) is 14.4. The molecular formula is C19H20O7. The SMILES string of the molecule is CC(=O)c1cc(OCC(O)COc2ccc(O)c(C(C)=O)c2)ccc1O. The molecule has 7 nitrogen and oxygen atoms in total. The summed E-state index contributed by atoms with van der Waals surface area (Å²) >= 11 is 0. The van der Waals surface area contributed by atoms with Gasteiger partial charge >= 0.3 is 0 Å². The quantitative estimate of drug-likeness (QED) is 0.619. The average Bonchev–Trinajstić information content (AvgIpc) is 2.59. The van der Waals surface area contributed by atoms with Crippen LogP contribution in [0.3, 0.4) is 0 Å². The van der Waals surface area contributed by atoms with Crippen LogP contribution in [0.4, 0.5) is 0 Å². The second-order valence-electron chi connectivity index (χ2n) is 5.75. The molecule has 0 saturated carbocycles. The third kappa shape index (κ3) is 4.97. The van der Waals surface area contributed by atoms with E-state index in [9.17, 15) is 24.9 Å². The second-order valence-corrected chi connectivity index (χ2v) is 5.75. The lowest BCUT2D eigenvalue weighted by molar-refractivity contribution is 0.0625. The van der Waals surface area contributed by atoms with Crippen LogP contribution in [-0.4, -0.2) is 46.2 Å². The summed E-state index contributed by atoms with van der Waals surface area (Å²) in [6.45, 7) is 2.46. The minimum absolute atomic E-state index is 0.0975. The standard InChI is InChI=1S/C19H20O7/c1-11(20)16-7-14(3-5-18(16)23)25-9-13(22)10-26-15-4-6-19(24)17(8-15)12(2)21/h3-8,13,22-24H,9-10H2,1-2H3. The lowest BCUT2D eigenvalue weighted by Gasteiger charge is -2.15. The maximum atomic E-state index is 11.4. The third-order valence-electron chi connectivity index (χ3n) is 3.58. The van der Waals surface area contributed by atoms with E-state index in [0.29, 0.717) is 11.5 Å². The van der Waals surface area contributed by atoms with E-state index in [4.69, 9.17) is 9.47 Å². The summed E-state index contributed by atoms with van der Waals surface area (Å²) < 4.78 is 10.8. The maximum Gasteiger partial charge on any atom is 0.163 e. The van der Waals surface area contributed by atoms with E-state index >= 15 is 0 Å². The number of aromatic hydroxyl groups is 2. The number of ketones is 2. The Balaban J connectivity index is 1.91. The molecule has 2 rings (SSSR count). The molecule has 0 aliphatic carbocycles. The summed E-state index contributed by atoms with van der Waals surface area (Å²) in [5.41, 5.74) is 0.267. The van der Waals surface area contributed by atoms with Crippen molar-refractivity contribution in [2.75, 3.05) is 13.2 Å². The van der Waals surface area contributed by atoms with Crippen molar-refractivity contribution in [1.82, 2.24) is 0 Å². The van der Waals surface area contributed by atoms with Crippen molar-refractivity contribution in [2.45, 2.75) is 20.0 Å². The first-order valence-corrected chi connectivity index (χ1v) is 7.89. The number of rotatable bonds is 8. The fraction of sp³-hybridized carbons (Fsp3) is 0.263. The number of carbonyl (C=O) groups is 2. The molecule has 7 heteroatoms. The Hall–Kier alpha value is -3.06. The first kappa shape index (κ1) is 19.3. The minimum atomic E-state index is -0.973. The molecule has 0 amide bonds. The van der Waals surface area contributed by atoms with E-state index in [-0.39, 0.29) is 47.4 Å². The van der Waals surface area contributed by atoms with E-state index in [0.717, 1.165) is 0 Å². The molecule has 3 N–H and O–H groups in total. The molecule has 0 unspecified atom stereocenters. The zero-order valence-corrected chi connectivity index (χ0v) is 14.4. The molecule has 0 bridgehead atoms. The van der Waals surface area contributed by atoms with Gasteiger partial charge in [0.2, 0.25) is 0 Å². The summed E-state index contributed by atoms with van der Waals surface area (Å²) in [6.07, 6.45) is -0.973. The topological polar surface area (TPSA) is 113 Å². The molecule has 2 aromatic rings. The van der Waals surface area contributed by atoms with Gasteiger partial charge in [0.25, 0.3) is 0 Å². The second kappa shape index (κ2) is 8.35.